The van der Waals surface area contributed by atoms with E-state index in [0.717, 1.165) is 32.1 Å². The zero-order valence-corrected chi connectivity index (χ0v) is 25.1. The third-order valence-corrected chi connectivity index (χ3v) is 7.56. The highest BCUT2D eigenvalue weighted by Crippen LogP contribution is 2.28. The minimum absolute atomic E-state index is 0.00684. The average Bonchev–Trinajstić information content (AvgIpc) is 2.97. The molecule has 2 aromatic carbocycles. The molecule has 2 heterocycles. The van der Waals surface area contributed by atoms with E-state index in [2.05, 4.69) is 76.1 Å². The van der Waals surface area contributed by atoms with Crippen molar-refractivity contribution in [3.8, 4) is 0 Å². The summed E-state index contributed by atoms with van der Waals surface area (Å²) in [5.74, 6) is -0.0285. The number of carbonyl (C=O) groups is 2. The summed E-state index contributed by atoms with van der Waals surface area (Å²) >= 11 is 0. The Labute approximate surface area is 240 Å². The summed E-state index contributed by atoms with van der Waals surface area (Å²) in [6.45, 7) is 14.2. The summed E-state index contributed by atoms with van der Waals surface area (Å²) in [5.41, 5.74) is 9.11. The zero-order chi connectivity index (χ0) is 29.1. The fourth-order valence-electron chi connectivity index (χ4n) is 5.14. The molecule has 2 amide bonds. The van der Waals surface area contributed by atoms with Gasteiger partial charge in [-0.25, -0.2) is 0 Å². The van der Waals surface area contributed by atoms with E-state index in [-0.39, 0.29) is 17.9 Å². The highest BCUT2D eigenvalue weighted by atomic mass is 16.2. The van der Waals surface area contributed by atoms with Crippen LogP contribution >= 0.6 is 0 Å². The largest absolute Gasteiger partial charge is 0.349 e. The third kappa shape index (κ3) is 8.64. The summed E-state index contributed by atoms with van der Waals surface area (Å²) in [4.78, 5) is 31.5. The number of hydrogen-bond donors (Lipinski definition) is 1. The van der Waals surface area contributed by atoms with Gasteiger partial charge in [0, 0.05) is 37.1 Å². The molecule has 0 saturated carbocycles. The number of carbonyl (C=O) groups excluding carboxylic acids is 2. The van der Waals surface area contributed by atoms with Gasteiger partial charge in [-0.2, -0.15) is 0 Å². The van der Waals surface area contributed by atoms with Crippen molar-refractivity contribution in [2.45, 2.75) is 79.7 Å². The summed E-state index contributed by atoms with van der Waals surface area (Å²) in [6.07, 6.45) is 7.94. The van der Waals surface area contributed by atoms with E-state index in [1.54, 1.807) is 24.5 Å². The zero-order valence-electron chi connectivity index (χ0n) is 25.1. The molecule has 1 saturated heterocycles. The van der Waals surface area contributed by atoms with Crippen molar-refractivity contribution in [1.29, 1.82) is 0 Å². The van der Waals surface area contributed by atoms with Gasteiger partial charge in [-0.1, -0.05) is 67.3 Å². The number of allylic oxidation sites excluding steroid dienone is 2. The summed E-state index contributed by atoms with van der Waals surface area (Å²) in [5, 5.41) is 3.19. The first-order valence-corrected chi connectivity index (χ1v) is 14.6. The van der Waals surface area contributed by atoms with Gasteiger partial charge in [-0.05, 0) is 94.3 Å². The van der Waals surface area contributed by atoms with Crippen LogP contribution in [0, 0.1) is 20.8 Å². The van der Waals surface area contributed by atoms with Crippen LogP contribution in [0.2, 0.25) is 0 Å². The van der Waals surface area contributed by atoms with Crippen LogP contribution < -0.4 is 5.32 Å². The molecule has 0 bridgehead atoms. The Bertz CT molecular complexity index is 1270. The molecular weight excluding hydrogens is 494 g/mol. The molecule has 1 aromatic heterocycles. The van der Waals surface area contributed by atoms with Gasteiger partial charge < -0.3 is 10.2 Å². The molecule has 4 rings (SSSR count). The van der Waals surface area contributed by atoms with Crippen LogP contribution in [0.1, 0.15) is 95.8 Å². The van der Waals surface area contributed by atoms with Crippen molar-refractivity contribution in [2.75, 3.05) is 13.1 Å². The van der Waals surface area contributed by atoms with Crippen molar-refractivity contribution in [2.24, 2.45) is 0 Å². The minimum Gasteiger partial charge on any atom is -0.349 e. The number of nitrogens with one attached hydrogen (secondary N) is 1. The molecule has 0 radical (unpaired) electrons. The number of amides is 2. The molecule has 1 aliphatic rings. The van der Waals surface area contributed by atoms with Gasteiger partial charge in [0.1, 0.15) is 0 Å². The molecule has 0 unspecified atom stereocenters. The summed E-state index contributed by atoms with van der Waals surface area (Å²) in [6, 6.07) is 18.1. The second-order valence-electron chi connectivity index (χ2n) is 10.8. The lowest BCUT2D eigenvalue weighted by Gasteiger charge is -2.32. The third-order valence-electron chi connectivity index (χ3n) is 7.56. The van der Waals surface area contributed by atoms with E-state index in [9.17, 15) is 9.59 Å². The molecule has 0 atom stereocenters. The van der Waals surface area contributed by atoms with Crippen molar-refractivity contribution in [3.05, 3.63) is 106 Å². The van der Waals surface area contributed by atoms with Crippen LogP contribution in [0.25, 0.3) is 5.57 Å². The maximum absolute atomic E-state index is 13.0. The van der Waals surface area contributed by atoms with Gasteiger partial charge in [0.2, 0.25) is 0 Å². The molecule has 0 spiro atoms. The molecule has 1 N–H and O–H groups in total. The molecule has 0 aliphatic carbocycles. The predicted octanol–water partition coefficient (Wildman–Crippen LogP) is 7.71. The lowest BCUT2D eigenvalue weighted by molar-refractivity contribution is 0.0697. The molecule has 40 heavy (non-hydrogen) atoms. The highest BCUT2D eigenvalue weighted by Gasteiger charge is 2.25. The fraction of sp³-hybridized carbons (Fsp3) is 0.400. The van der Waals surface area contributed by atoms with Crippen LogP contribution in [0.3, 0.4) is 0 Å². The first-order valence-electron chi connectivity index (χ1n) is 14.6. The number of hydrogen-bond acceptors (Lipinski definition) is 3. The Morgan fingerprint density at radius 2 is 1.57 bits per heavy atom. The van der Waals surface area contributed by atoms with Gasteiger partial charge in [0.05, 0.1) is 5.56 Å². The fourth-order valence-corrected chi connectivity index (χ4v) is 5.14. The second kappa shape index (κ2) is 15.2. The Kier molecular flexibility index (Phi) is 11.7. The van der Waals surface area contributed by atoms with Crippen LogP contribution in [0.4, 0.5) is 0 Å². The first-order chi connectivity index (χ1) is 19.2. The molecule has 1 aliphatic heterocycles. The molecule has 1 fully saturated rings. The lowest BCUT2D eigenvalue weighted by atomic mass is 9.91. The van der Waals surface area contributed by atoms with Gasteiger partial charge in [0.15, 0.2) is 0 Å². The van der Waals surface area contributed by atoms with Gasteiger partial charge in [-0.3, -0.25) is 14.6 Å². The van der Waals surface area contributed by atoms with Gasteiger partial charge in [-0.15, -0.1) is 0 Å². The summed E-state index contributed by atoms with van der Waals surface area (Å²) < 4.78 is 0. The molecule has 5 nitrogen and oxygen atoms in total. The van der Waals surface area contributed by atoms with Crippen LogP contribution in [-0.4, -0.2) is 40.8 Å². The Morgan fingerprint density at radius 1 is 0.925 bits per heavy atom. The summed E-state index contributed by atoms with van der Waals surface area (Å²) in [7, 11) is 0. The quantitative estimate of drug-likeness (QED) is 0.334. The molecular formula is C35H45N3O2. The minimum atomic E-state index is -0.0353. The molecule has 212 valence electrons. The maximum atomic E-state index is 13.0. The lowest BCUT2D eigenvalue weighted by Crippen LogP contribution is -2.46. The normalized spacial score (nSPS) is 14.1. The molecule has 5 heteroatoms. The molecule has 3 aromatic rings. The number of piperidine rings is 1. The van der Waals surface area contributed by atoms with Gasteiger partial charge >= 0.3 is 0 Å². The van der Waals surface area contributed by atoms with Gasteiger partial charge in [0.25, 0.3) is 11.8 Å². The Hall–Kier alpha value is -3.73. The van der Waals surface area contributed by atoms with Crippen LogP contribution in [0.5, 0.6) is 0 Å². The number of pyridine rings is 1. The van der Waals surface area contributed by atoms with Crippen LogP contribution in [0.15, 0.2) is 72.6 Å². The first kappa shape index (κ1) is 30.8. The van der Waals surface area contributed by atoms with Crippen molar-refractivity contribution < 1.29 is 9.59 Å². The average molecular weight is 540 g/mol. The number of nitrogens with zero attached hydrogens (tertiary/aromatic N) is 2. The standard InChI is InChI=1S/C27H35N3O2.C8H10/c1-5-8-19(3)24(6-2)25-17-21(11-10-20(25)4)26(31)29-23-12-15-30(16-13-23)27(32)22-9-7-14-28-18-22;1-7-3-5-8(2)6-4-7/h7,9-11,14,17-18,23H,5-6,8,12-13,15-16H2,1-4H3,(H,29,31);3-6H,1-2H3/b24-19+;. The van der Waals surface area contributed by atoms with E-state index in [1.807, 2.05) is 23.1 Å². The van der Waals surface area contributed by atoms with E-state index in [1.165, 1.54) is 33.4 Å². The van der Waals surface area contributed by atoms with Crippen molar-refractivity contribution >= 4 is 17.4 Å². The number of likely N-dealkylation sites (tertiary alicyclic amines) is 1. The van der Waals surface area contributed by atoms with E-state index < -0.39 is 0 Å². The van der Waals surface area contributed by atoms with E-state index in [0.29, 0.717) is 24.2 Å². The van der Waals surface area contributed by atoms with E-state index in [4.69, 9.17) is 0 Å². The topological polar surface area (TPSA) is 62.3 Å². The highest BCUT2D eigenvalue weighted by molar-refractivity contribution is 5.96. The SMILES string of the molecule is CCC/C(C)=C(\CC)c1cc(C(=O)NC2CCN(C(=O)c3cccnc3)CC2)ccc1C.Cc1ccc(C)cc1. The van der Waals surface area contributed by atoms with Crippen molar-refractivity contribution in [1.82, 2.24) is 15.2 Å². The van der Waals surface area contributed by atoms with Crippen LogP contribution in [-0.2, 0) is 0 Å². The predicted molar refractivity (Wildman–Crippen MR) is 166 cm³/mol. The number of rotatable bonds is 7. The van der Waals surface area contributed by atoms with Crippen molar-refractivity contribution in [3.63, 3.8) is 0 Å². The Balaban J connectivity index is 0.000000472. The number of benzene rings is 2. The van der Waals surface area contributed by atoms with E-state index >= 15 is 0 Å². The second-order valence-corrected chi connectivity index (χ2v) is 10.8. The maximum Gasteiger partial charge on any atom is 0.255 e. The number of aromatic nitrogens is 1. The Morgan fingerprint density at radius 3 is 2.12 bits per heavy atom. The monoisotopic (exact) mass is 539 g/mol. The smallest absolute Gasteiger partial charge is 0.255 e. The number of aryl methyl sites for hydroxylation is 3.